The SMILES string of the molecule is C1CC[C@@]2(OC1)OC1=C(O[C@]23CCCCO3)c2nc1nc1nc(nc3[nH]c(nc4[nH]c(n2)c2c4O[C@]4(CCCCO4)[C@@]4(CCCCO4)O2)c2c3O[C@]3(CCCCO3)[C@@]3(CCCCO3)O2)C2=C1O[C@]1(CCCCO1)[C@@]1(CCCCO1)O2. The van der Waals surface area contributed by atoms with Gasteiger partial charge in [-0.05, 0) is 103 Å². The molecule has 14 aliphatic heterocycles. The van der Waals surface area contributed by atoms with Crippen molar-refractivity contribution in [2.45, 2.75) is 200 Å². The highest BCUT2D eigenvalue weighted by atomic mass is 16.8. The zero-order valence-electron chi connectivity index (χ0n) is 44.8. The van der Waals surface area contributed by atoms with Crippen LogP contribution in [0.1, 0.15) is 177 Å². The molecule has 0 aromatic carbocycles. The second kappa shape index (κ2) is 18.0. The Balaban J connectivity index is 0.952. The molecule has 426 valence electrons. The molecule has 2 N–H and O–H groups in total. The molecule has 0 saturated carbocycles. The van der Waals surface area contributed by atoms with Gasteiger partial charge in [-0.25, -0.2) is 29.9 Å². The molecule has 8 spiro atoms. The van der Waals surface area contributed by atoms with Gasteiger partial charge in [0.25, 0.3) is 46.3 Å². The van der Waals surface area contributed by atoms with Crippen LogP contribution in [0.4, 0.5) is 0 Å². The van der Waals surface area contributed by atoms with Crippen LogP contribution in [0.2, 0.25) is 0 Å². The molecule has 14 aliphatic rings. The van der Waals surface area contributed by atoms with E-state index >= 15 is 0 Å². The summed E-state index contributed by atoms with van der Waals surface area (Å²) in [7, 11) is 0. The molecule has 17 heterocycles. The first-order valence-electron chi connectivity index (χ1n) is 29.7. The lowest BCUT2D eigenvalue weighted by molar-refractivity contribution is -0.404. The van der Waals surface area contributed by atoms with Crippen LogP contribution in [0.15, 0.2) is 0 Å². The van der Waals surface area contributed by atoms with Crippen molar-refractivity contribution in [1.82, 2.24) is 39.9 Å². The Morgan fingerprint density at radius 2 is 0.425 bits per heavy atom. The third-order valence-electron chi connectivity index (χ3n) is 18.6. The van der Waals surface area contributed by atoms with Gasteiger partial charge in [0, 0.05) is 51.4 Å². The van der Waals surface area contributed by atoms with Gasteiger partial charge in [0.05, 0.1) is 52.9 Å². The Kier molecular flexibility index (Phi) is 11.0. The number of nitrogens with zero attached hydrogens (tertiary/aromatic N) is 6. The van der Waals surface area contributed by atoms with Gasteiger partial charge < -0.3 is 85.8 Å². The molecular formula is C56H66N8O16. The van der Waals surface area contributed by atoms with Crippen molar-refractivity contribution in [3.05, 3.63) is 23.3 Å². The first-order valence-corrected chi connectivity index (χ1v) is 29.7. The Labute approximate surface area is 459 Å². The number of ether oxygens (including phenoxy) is 16. The summed E-state index contributed by atoms with van der Waals surface area (Å²) in [5.74, 6) is -8.51. The van der Waals surface area contributed by atoms with Crippen LogP contribution in [-0.2, 0) is 56.8 Å². The van der Waals surface area contributed by atoms with Crippen molar-refractivity contribution in [3.8, 4) is 23.0 Å². The number of rotatable bonds is 0. The molecule has 24 nitrogen and oxygen atoms in total. The van der Waals surface area contributed by atoms with E-state index in [1.807, 2.05) is 0 Å². The summed E-state index contributed by atoms with van der Waals surface area (Å²) in [5.41, 5.74) is 0.848. The predicted molar refractivity (Wildman–Crippen MR) is 273 cm³/mol. The van der Waals surface area contributed by atoms with Gasteiger partial charge in [0.15, 0.2) is 22.6 Å². The number of nitrogens with one attached hydrogen (secondary N) is 2. The number of aromatic nitrogens is 8. The second-order valence-corrected chi connectivity index (χ2v) is 23.5. The van der Waals surface area contributed by atoms with E-state index in [1.54, 1.807) is 0 Å². The summed E-state index contributed by atoms with van der Waals surface area (Å²) in [5, 5.41) is 0. The van der Waals surface area contributed by atoms with Crippen molar-refractivity contribution < 1.29 is 75.8 Å². The predicted octanol–water partition coefficient (Wildman–Crippen LogP) is 8.36. The third kappa shape index (κ3) is 6.95. The molecule has 17 rings (SSSR count). The molecule has 24 heteroatoms. The summed E-state index contributed by atoms with van der Waals surface area (Å²) in [6.45, 7) is 3.55. The topological polar surface area (TPSA) is 257 Å². The zero-order chi connectivity index (χ0) is 52.8. The van der Waals surface area contributed by atoms with E-state index in [0.717, 1.165) is 103 Å². The van der Waals surface area contributed by atoms with E-state index in [4.69, 9.17) is 106 Å². The molecule has 8 bridgehead atoms. The van der Waals surface area contributed by atoms with Gasteiger partial charge in [-0.1, -0.05) is 0 Å². The van der Waals surface area contributed by atoms with Gasteiger partial charge in [-0.3, -0.25) is 0 Å². The van der Waals surface area contributed by atoms with Crippen molar-refractivity contribution in [2.75, 3.05) is 52.9 Å². The lowest BCUT2D eigenvalue weighted by atomic mass is 9.89. The van der Waals surface area contributed by atoms with Crippen LogP contribution in [0.5, 0.6) is 23.0 Å². The van der Waals surface area contributed by atoms with Crippen molar-refractivity contribution in [2.24, 2.45) is 0 Å². The fraction of sp³-hybridized carbons (Fsp3) is 0.714. The fourth-order valence-electron chi connectivity index (χ4n) is 14.6. The molecule has 0 amide bonds. The summed E-state index contributed by atoms with van der Waals surface area (Å²) >= 11 is 0. The summed E-state index contributed by atoms with van der Waals surface area (Å²) in [4.78, 5) is 38.7. The zero-order valence-corrected chi connectivity index (χ0v) is 44.8. The number of aromatic amines is 2. The van der Waals surface area contributed by atoms with E-state index in [9.17, 15) is 0 Å². The first-order chi connectivity index (χ1) is 39.3. The number of hydrogen-bond donors (Lipinski definition) is 2. The molecule has 80 heavy (non-hydrogen) atoms. The minimum atomic E-state index is -1.33. The van der Waals surface area contributed by atoms with Crippen LogP contribution in [0.25, 0.3) is 45.6 Å². The summed E-state index contributed by atoms with van der Waals surface area (Å²) in [6.07, 6.45) is 17.4. The van der Waals surface area contributed by atoms with Crippen LogP contribution in [0, 0.1) is 0 Å². The Morgan fingerprint density at radius 1 is 0.225 bits per heavy atom. The molecule has 8 fully saturated rings. The van der Waals surface area contributed by atoms with Gasteiger partial charge in [0.2, 0.25) is 69.3 Å². The van der Waals surface area contributed by atoms with E-state index in [-0.39, 0.29) is 91.9 Å². The van der Waals surface area contributed by atoms with Crippen molar-refractivity contribution in [3.63, 3.8) is 0 Å². The Morgan fingerprint density at radius 3 is 0.637 bits per heavy atom. The van der Waals surface area contributed by atoms with Gasteiger partial charge in [-0.15, -0.1) is 0 Å². The maximum Gasteiger partial charge on any atom is 0.277 e. The van der Waals surface area contributed by atoms with Crippen LogP contribution in [0.3, 0.4) is 0 Å². The highest BCUT2D eigenvalue weighted by Crippen LogP contribution is 2.60. The highest BCUT2D eigenvalue weighted by Gasteiger charge is 2.69. The quantitative estimate of drug-likeness (QED) is 0.214. The number of hydrogen-bond acceptors (Lipinski definition) is 22. The Hall–Kier alpha value is -5.60. The van der Waals surface area contributed by atoms with Crippen LogP contribution < -0.4 is 18.9 Å². The molecule has 0 aliphatic carbocycles. The van der Waals surface area contributed by atoms with Crippen molar-refractivity contribution in [1.29, 1.82) is 0 Å². The molecule has 8 atom stereocenters. The van der Waals surface area contributed by atoms with Crippen LogP contribution in [-0.4, -0.2) is 139 Å². The normalized spacial score (nSPS) is 38.1. The lowest BCUT2D eigenvalue weighted by Gasteiger charge is -2.53. The Bertz CT molecular complexity index is 3030. The van der Waals surface area contributed by atoms with Gasteiger partial charge >= 0.3 is 0 Å². The summed E-state index contributed by atoms with van der Waals surface area (Å²) < 4.78 is 112. The smallest absolute Gasteiger partial charge is 0.277 e. The van der Waals surface area contributed by atoms with E-state index in [2.05, 4.69) is 9.97 Å². The molecule has 8 saturated heterocycles. The molecule has 0 unspecified atom stereocenters. The highest BCUT2D eigenvalue weighted by molar-refractivity contribution is 5.88. The number of fused-ring (bicyclic) bond motifs is 22. The maximum absolute atomic E-state index is 7.27. The molecule has 3 aromatic rings. The molecular weight excluding hydrogens is 1040 g/mol. The van der Waals surface area contributed by atoms with E-state index in [1.165, 1.54) is 0 Å². The minimum absolute atomic E-state index is 0.0860. The van der Waals surface area contributed by atoms with Crippen molar-refractivity contribution >= 4 is 45.6 Å². The van der Waals surface area contributed by atoms with Crippen LogP contribution >= 0.6 is 0 Å². The molecule has 3 aromatic heterocycles. The fourth-order valence-corrected chi connectivity index (χ4v) is 14.6. The maximum atomic E-state index is 7.27. The average molecular weight is 1110 g/mol. The lowest BCUT2D eigenvalue weighted by Crippen LogP contribution is -2.68. The largest absolute Gasteiger partial charge is 0.447 e. The monoisotopic (exact) mass is 1110 g/mol. The second-order valence-electron chi connectivity index (χ2n) is 23.5. The average Bonchev–Trinajstić information content (AvgIpc) is 3.86. The van der Waals surface area contributed by atoms with Gasteiger partial charge in [0.1, 0.15) is 0 Å². The third-order valence-corrected chi connectivity index (χ3v) is 18.6. The summed E-state index contributed by atoms with van der Waals surface area (Å²) in [6, 6.07) is 0. The number of H-pyrrole nitrogens is 2. The van der Waals surface area contributed by atoms with Gasteiger partial charge in [-0.2, -0.15) is 0 Å². The first kappa shape index (κ1) is 49.0. The molecule has 0 radical (unpaired) electrons. The standard InChI is InChI=1S/C56H66N8O16/c1-9-25-65-49(17-1)50(18-2-10-26-66-50)74-34-33(73-49)41-57-42(34)62-44-37-38(78-54(22-6-14-30-70-54)53(77-37)21-5-13-29-69-53)46(59-44)64-48-40-39(79-55(23-7-15-31-71-55)56(80-40)24-8-16-32-72-56)47(60-48)63-45-36-35(43(58-45)61-41)75-51(19-3-11-27-67-51)52(76-36)20-4-12-28-68-52/h1-32H2,(H2,57,58,59,60,61,62,63,64)/t49-,50-,51-,52-,53-,54-,55-,56-/m1/s1. The minimum Gasteiger partial charge on any atom is -0.447 e. The van der Waals surface area contributed by atoms with E-state index < -0.39 is 46.3 Å². The van der Waals surface area contributed by atoms with E-state index in [0.29, 0.717) is 104 Å².